The molecule has 2 aromatic rings. The predicted octanol–water partition coefficient (Wildman–Crippen LogP) is 4.51. The number of piperazine rings is 1. The molecule has 2 aliphatic rings. The van der Waals surface area contributed by atoms with Crippen LogP contribution >= 0.6 is 0 Å². The van der Waals surface area contributed by atoms with Gasteiger partial charge in [-0.15, -0.1) is 0 Å². The molecule has 1 aliphatic heterocycles. The smallest absolute Gasteiger partial charge is 0.410 e. The second-order valence-electron chi connectivity index (χ2n) is 11.8. The van der Waals surface area contributed by atoms with Crippen molar-refractivity contribution in [2.24, 2.45) is 0 Å². The topological polar surface area (TPSA) is 145 Å². The minimum absolute atomic E-state index is 0.00826. The monoisotopic (exact) mass is 600 g/mol. The molecule has 42 heavy (non-hydrogen) atoms. The molecule has 1 unspecified atom stereocenters. The van der Waals surface area contributed by atoms with Crippen molar-refractivity contribution >= 4 is 39.4 Å². The van der Waals surface area contributed by atoms with Gasteiger partial charge in [-0.05, 0) is 75.3 Å². The van der Waals surface area contributed by atoms with Crippen LogP contribution in [0.1, 0.15) is 74.4 Å². The van der Waals surface area contributed by atoms with Gasteiger partial charge in [-0.1, -0.05) is 25.1 Å². The molecule has 1 aliphatic carbocycles. The Morgan fingerprint density at radius 3 is 2.33 bits per heavy atom. The molecule has 1 fully saturated rings. The fraction of sp³-hybridized carbons (Fsp3) is 0.500. The molecule has 2 aromatic carbocycles. The number of hydrogen-bond acceptors (Lipinski definition) is 7. The highest BCUT2D eigenvalue weighted by molar-refractivity contribution is 7.92. The van der Waals surface area contributed by atoms with Gasteiger partial charge in [0, 0.05) is 39.1 Å². The molecule has 1 heterocycles. The third kappa shape index (κ3) is 7.33. The number of rotatable bonds is 8. The summed E-state index contributed by atoms with van der Waals surface area (Å²) >= 11 is 0. The number of benzene rings is 2. The van der Waals surface area contributed by atoms with Crippen LogP contribution < -0.4 is 10.0 Å². The van der Waals surface area contributed by atoms with Crippen LogP contribution in [-0.2, 0) is 26.0 Å². The van der Waals surface area contributed by atoms with Crippen molar-refractivity contribution in [1.29, 1.82) is 0 Å². The lowest BCUT2D eigenvalue weighted by molar-refractivity contribution is -0.132. The first-order valence-electron chi connectivity index (χ1n) is 14.3. The lowest BCUT2D eigenvalue weighted by Crippen LogP contribution is -2.51. The fourth-order valence-corrected chi connectivity index (χ4v) is 6.73. The first-order valence-corrected chi connectivity index (χ1v) is 15.8. The number of amides is 2. The Morgan fingerprint density at radius 2 is 1.67 bits per heavy atom. The van der Waals surface area contributed by atoms with E-state index in [1.807, 2.05) is 6.92 Å². The molecule has 1 atom stereocenters. The van der Waals surface area contributed by atoms with Crippen LogP contribution in [0.5, 0.6) is 0 Å². The summed E-state index contributed by atoms with van der Waals surface area (Å²) in [6.45, 7) is 9.09. The second-order valence-corrected chi connectivity index (χ2v) is 13.4. The number of carboxylic acid groups (broad SMARTS) is 1. The average molecular weight is 601 g/mol. The fourth-order valence-electron chi connectivity index (χ4n) is 5.48. The van der Waals surface area contributed by atoms with Crippen molar-refractivity contribution in [2.45, 2.75) is 69.8 Å². The molecule has 2 amide bonds. The highest BCUT2D eigenvalue weighted by atomic mass is 32.2. The minimum atomic E-state index is -4.16. The van der Waals surface area contributed by atoms with Gasteiger partial charge >= 0.3 is 12.1 Å². The normalized spacial score (nSPS) is 17.3. The zero-order chi connectivity index (χ0) is 30.7. The maximum absolute atomic E-state index is 13.5. The largest absolute Gasteiger partial charge is 0.478 e. The second kappa shape index (κ2) is 12.6. The molecule has 11 nitrogen and oxygen atoms in total. The van der Waals surface area contributed by atoms with Crippen molar-refractivity contribution in [2.75, 3.05) is 42.8 Å². The van der Waals surface area contributed by atoms with Gasteiger partial charge in [-0.25, -0.2) is 18.0 Å². The molecule has 228 valence electrons. The highest BCUT2D eigenvalue weighted by Gasteiger charge is 2.30. The lowest BCUT2D eigenvalue weighted by atomic mass is 9.80. The zero-order valence-corrected chi connectivity index (χ0v) is 25.4. The van der Waals surface area contributed by atoms with Gasteiger partial charge in [0.15, 0.2) is 0 Å². The molecule has 1 saturated heterocycles. The van der Waals surface area contributed by atoms with Crippen LogP contribution in [-0.4, -0.2) is 79.6 Å². The third-order valence-electron chi connectivity index (χ3n) is 7.49. The Labute approximate surface area is 247 Å². The summed E-state index contributed by atoms with van der Waals surface area (Å²) in [4.78, 5) is 40.6. The summed E-state index contributed by atoms with van der Waals surface area (Å²) in [5.74, 6) is -1.27. The van der Waals surface area contributed by atoms with E-state index in [0.29, 0.717) is 37.4 Å². The Bertz CT molecular complexity index is 1440. The first kappa shape index (κ1) is 31.1. The van der Waals surface area contributed by atoms with Gasteiger partial charge in [0.25, 0.3) is 10.0 Å². The van der Waals surface area contributed by atoms with E-state index in [4.69, 9.17) is 4.74 Å². The Kier molecular flexibility index (Phi) is 9.34. The molecular weight excluding hydrogens is 560 g/mol. The number of aromatic carboxylic acids is 1. The zero-order valence-electron chi connectivity index (χ0n) is 24.6. The molecule has 4 rings (SSSR count). The van der Waals surface area contributed by atoms with Gasteiger partial charge in [0.05, 0.1) is 16.9 Å². The molecule has 3 N–H and O–H groups in total. The summed E-state index contributed by atoms with van der Waals surface area (Å²) in [5, 5.41) is 13.1. The van der Waals surface area contributed by atoms with Crippen LogP contribution in [0.3, 0.4) is 0 Å². The number of carbonyl (C=O) groups excluding carboxylic acids is 2. The maximum atomic E-state index is 13.5. The minimum Gasteiger partial charge on any atom is -0.478 e. The van der Waals surface area contributed by atoms with E-state index in [-0.39, 0.29) is 40.9 Å². The van der Waals surface area contributed by atoms with E-state index in [1.54, 1.807) is 54.8 Å². The van der Waals surface area contributed by atoms with Crippen LogP contribution in [0.25, 0.3) is 0 Å². The lowest BCUT2D eigenvalue weighted by Gasteiger charge is -2.35. The summed E-state index contributed by atoms with van der Waals surface area (Å²) < 4.78 is 34.9. The number of fused-ring (bicyclic) bond motifs is 1. The van der Waals surface area contributed by atoms with Crippen molar-refractivity contribution in [3.05, 3.63) is 53.1 Å². The highest BCUT2D eigenvalue weighted by Crippen LogP contribution is 2.38. The van der Waals surface area contributed by atoms with E-state index in [2.05, 4.69) is 10.0 Å². The van der Waals surface area contributed by atoms with Crippen LogP contribution in [0.2, 0.25) is 0 Å². The number of carbonyl (C=O) groups is 3. The van der Waals surface area contributed by atoms with Crippen molar-refractivity contribution < 1.29 is 32.6 Å². The number of para-hydroxylation sites is 1. The number of nitrogens with one attached hydrogen (secondary N) is 2. The van der Waals surface area contributed by atoms with Crippen LogP contribution in [0, 0.1) is 0 Å². The molecule has 0 bridgehead atoms. The number of nitrogens with zero attached hydrogens (tertiary/aromatic N) is 2. The number of aryl methyl sites for hydroxylation is 1. The van der Waals surface area contributed by atoms with Gasteiger partial charge in [-0.3, -0.25) is 9.52 Å². The van der Waals surface area contributed by atoms with Crippen molar-refractivity contribution in [3.8, 4) is 0 Å². The standard InChI is InChI=1S/C30H40N4O7S/c1-20-8-7-9-21-12-13-23(27(26(20)21)28(36)37)32-42(39,40)24-11-6-5-10-22(24)31-15-14-25(35)33-16-18-34(19-17-33)29(38)41-30(2,3)4/h5-6,10-13,20,31-32H,7-9,14-19H2,1-4H3,(H,36,37). The van der Waals surface area contributed by atoms with Crippen LogP contribution in [0.4, 0.5) is 16.2 Å². The summed E-state index contributed by atoms with van der Waals surface area (Å²) in [5.41, 5.74) is 1.36. The Balaban J connectivity index is 1.40. The summed E-state index contributed by atoms with van der Waals surface area (Å²) in [7, 11) is -4.16. The van der Waals surface area contributed by atoms with E-state index in [9.17, 15) is 27.9 Å². The van der Waals surface area contributed by atoms with Crippen molar-refractivity contribution in [3.63, 3.8) is 0 Å². The summed E-state index contributed by atoms with van der Waals surface area (Å²) in [6.07, 6.45) is 2.29. The quantitative estimate of drug-likeness (QED) is 0.401. The van der Waals surface area contributed by atoms with E-state index in [0.717, 1.165) is 24.8 Å². The predicted molar refractivity (Wildman–Crippen MR) is 159 cm³/mol. The molecule has 0 saturated carbocycles. The molecule has 0 spiro atoms. The SMILES string of the molecule is CC1CCCc2ccc(NS(=O)(=O)c3ccccc3NCCC(=O)N3CCN(C(=O)OC(C)(C)C)CC3)c(C(=O)O)c21. The molecule has 0 radical (unpaired) electrons. The van der Waals surface area contributed by atoms with Gasteiger partial charge < -0.3 is 25.0 Å². The van der Waals surface area contributed by atoms with Crippen LogP contribution in [0.15, 0.2) is 41.3 Å². The number of sulfonamides is 1. The number of anilines is 2. The van der Waals surface area contributed by atoms with E-state index < -0.39 is 27.7 Å². The number of hydrogen-bond donors (Lipinski definition) is 3. The van der Waals surface area contributed by atoms with Gasteiger partial charge in [0.2, 0.25) is 5.91 Å². The molecule has 12 heteroatoms. The number of ether oxygens (including phenoxy) is 1. The van der Waals surface area contributed by atoms with E-state index >= 15 is 0 Å². The first-order chi connectivity index (χ1) is 19.8. The number of carboxylic acids is 1. The maximum Gasteiger partial charge on any atom is 0.410 e. The Hall–Kier alpha value is -3.80. The molecule has 0 aromatic heterocycles. The van der Waals surface area contributed by atoms with Gasteiger partial charge in [-0.2, -0.15) is 0 Å². The van der Waals surface area contributed by atoms with E-state index in [1.165, 1.54) is 12.1 Å². The third-order valence-corrected chi connectivity index (χ3v) is 8.91. The summed E-state index contributed by atoms with van der Waals surface area (Å²) in [6, 6.07) is 9.63. The van der Waals surface area contributed by atoms with Crippen molar-refractivity contribution in [1.82, 2.24) is 9.80 Å². The molecular formula is C30H40N4O7S. The Morgan fingerprint density at radius 1 is 1.00 bits per heavy atom. The van der Waals surface area contributed by atoms with Gasteiger partial charge in [0.1, 0.15) is 10.5 Å². The average Bonchev–Trinajstić information content (AvgIpc) is 2.92.